The summed E-state index contributed by atoms with van der Waals surface area (Å²) in [4.78, 5) is 9.37. The van der Waals surface area contributed by atoms with E-state index in [-0.39, 0.29) is 12.4 Å². The van der Waals surface area contributed by atoms with Crippen LogP contribution in [-0.4, -0.2) is 10.8 Å². The first-order chi connectivity index (χ1) is 9.13. The van der Waals surface area contributed by atoms with Gasteiger partial charge < -0.3 is 10.6 Å². The molecule has 2 rings (SSSR count). The van der Waals surface area contributed by atoms with Crippen molar-refractivity contribution in [2.45, 2.75) is 20.0 Å². The standard InChI is InChI=1S/C13H14FN3OS/c1-9-16-12(8-19-9)6-13(15)17-18-7-10-3-2-4-11(14)5-10/h2-5,8H,6-7H2,1H3,(H2,15,17). The smallest absolute Gasteiger partial charge is 0.145 e. The second-order valence-corrected chi connectivity index (χ2v) is 5.08. The molecule has 0 amide bonds. The first kappa shape index (κ1) is 13.5. The number of aryl methyl sites for hydroxylation is 1. The number of oxime groups is 1. The summed E-state index contributed by atoms with van der Waals surface area (Å²) in [5, 5.41) is 6.71. The minimum atomic E-state index is -0.295. The van der Waals surface area contributed by atoms with E-state index in [4.69, 9.17) is 10.6 Å². The molecule has 0 fully saturated rings. The molecular formula is C13H14FN3OS. The Kier molecular flexibility index (Phi) is 4.46. The van der Waals surface area contributed by atoms with Gasteiger partial charge in [0, 0.05) is 5.38 Å². The molecular weight excluding hydrogens is 265 g/mol. The Morgan fingerprint density at radius 2 is 2.37 bits per heavy atom. The van der Waals surface area contributed by atoms with E-state index in [0.29, 0.717) is 17.8 Å². The number of hydrogen-bond acceptors (Lipinski definition) is 4. The highest BCUT2D eigenvalue weighted by Crippen LogP contribution is 2.09. The summed E-state index contributed by atoms with van der Waals surface area (Å²) in [7, 11) is 0. The molecule has 0 unspecified atom stereocenters. The van der Waals surface area contributed by atoms with Crippen molar-refractivity contribution in [3.8, 4) is 0 Å². The van der Waals surface area contributed by atoms with Gasteiger partial charge in [0.15, 0.2) is 0 Å². The number of thiazole rings is 1. The van der Waals surface area contributed by atoms with Crippen molar-refractivity contribution in [2.24, 2.45) is 10.9 Å². The van der Waals surface area contributed by atoms with Crippen LogP contribution in [0.25, 0.3) is 0 Å². The third kappa shape index (κ3) is 4.33. The highest BCUT2D eigenvalue weighted by molar-refractivity contribution is 7.09. The molecule has 0 saturated heterocycles. The van der Waals surface area contributed by atoms with Gasteiger partial charge in [-0.3, -0.25) is 0 Å². The zero-order chi connectivity index (χ0) is 13.7. The summed E-state index contributed by atoms with van der Waals surface area (Å²) >= 11 is 1.56. The van der Waals surface area contributed by atoms with Gasteiger partial charge in [0.05, 0.1) is 17.1 Å². The Hall–Kier alpha value is -1.95. The highest BCUT2D eigenvalue weighted by Gasteiger charge is 2.02. The lowest BCUT2D eigenvalue weighted by atomic mass is 10.2. The van der Waals surface area contributed by atoms with E-state index in [0.717, 1.165) is 10.7 Å². The lowest BCUT2D eigenvalue weighted by Crippen LogP contribution is -2.15. The van der Waals surface area contributed by atoms with E-state index >= 15 is 0 Å². The van der Waals surface area contributed by atoms with Gasteiger partial charge in [0.25, 0.3) is 0 Å². The summed E-state index contributed by atoms with van der Waals surface area (Å²) in [6.07, 6.45) is 0.452. The zero-order valence-corrected chi connectivity index (χ0v) is 11.3. The molecule has 0 aliphatic heterocycles. The van der Waals surface area contributed by atoms with Crippen LogP contribution < -0.4 is 5.73 Å². The van der Waals surface area contributed by atoms with E-state index in [1.807, 2.05) is 12.3 Å². The van der Waals surface area contributed by atoms with Gasteiger partial charge in [0.2, 0.25) is 0 Å². The fourth-order valence-electron chi connectivity index (χ4n) is 1.52. The average Bonchev–Trinajstić information content (AvgIpc) is 2.75. The van der Waals surface area contributed by atoms with Gasteiger partial charge in [-0.15, -0.1) is 11.3 Å². The van der Waals surface area contributed by atoms with Crippen LogP contribution in [0.1, 0.15) is 16.3 Å². The number of amidine groups is 1. The largest absolute Gasteiger partial charge is 0.390 e. The Bertz CT molecular complexity index is 583. The summed E-state index contributed by atoms with van der Waals surface area (Å²) in [5.74, 6) is 0.0534. The topological polar surface area (TPSA) is 60.5 Å². The number of nitrogens with two attached hydrogens (primary N) is 1. The molecule has 2 N–H and O–H groups in total. The van der Waals surface area contributed by atoms with E-state index in [2.05, 4.69) is 10.1 Å². The Morgan fingerprint density at radius 1 is 1.53 bits per heavy atom. The molecule has 0 spiro atoms. The molecule has 0 saturated carbocycles. The molecule has 4 nitrogen and oxygen atoms in total. The van der Waals surface area contributed by atoms with Crippen molar-refractivity contribution in [3.63, 3.8) is 0 Å². The summed E-state index contributed by atoms with van der Waals surface area (Å²) in [6.45, 7) is 2.12. The van der Waals surface area contributed by atoms with Crippen LogP contribution in [0.15, 0.2) is 34.8 Å². The van der Waals surface area contributed by atoms with Crippen molar-refractivity contribution < 1.29 is 9.23 Å². The maximum Gasteiger partial charge on any atom is 0.145 e. The number of benzene rings is 1. The van der Waals surface area contributed by atoms with E-state index < -0.39 is 0 Å². The minimum Gasteiger partial charge on any atom is -0.390 e. The molecule has 19 heavy (non-hydrogen) atoms. The van der Waals surface area contributed by atoms with Crippen LogP contribution in [0.4, 0.5) is 4.39 Å². The number of nitrogens with zero attached hydrogens (tertiary/aromatic N) is 2. The molecule has 100 valence electrons. The molecule has 2 aromatic rings. The van der Waals surface area contributed by atoms with E-state index in [1.54, 1.807) is 23.5 Å². The Labute approximate surface area is 114 Å². The molecule has 0 atom stereocenters. The Balaban J connectivity index is 1.85. The maximum absolute atomic E-state index is 12.9. The van der Waals surface area contributed by atoms with Crippen LogP contribution in [0.2, 0.25) is 0 Å². The molecule has 1 heterocycles. The average molecular weight is 279 g/mol. The highest BCUT2D eigenvalue weighted by atomic mass is 32.1. The van der Waals surface area contributed by atoms with Crippen molar-refractivity contribution >= 4 is 17.2 Å². The maximum atomic E-state index is 12.9. The Morgan fingerprint density at radius 3 is 3.05 bits per heavy atom. The molecule has 0 radical (unpaired) electrons. The minimum absolute atomic E-state index is 0.189. The number of aromatic nitrogens is 1. The van der Waals surface area contributed by atoms with Crippen molar-refractivity contribution in [3.05, 3.63) is 51.7 Å². The lowest BCUT2D eigenvalue weighted by Gasteiger charge is -2.01. The first-order valence-corrected chi connectivity index (χ1v) is 6.61. The van der Waals surface area contributed by atoms with Gasteiger partial charge in [-0.25, -0.2) is 9.37 Å². The van der Waals surface area contributed by atoms with E-state index in [9.17, 15) is 4.39 Å². The normalized spacial score (nSPS) is 11.6. The number of halogens is 1. The van der Waals surface area contributed by atoms with Crippen LogP contribution in [0.3, 0.4) is 0 Å². The van der Waals surface area contributed by atoms with Crippen LogP contribution in [0.5, 0.6) is 0 Å². The van der Waals surface area contributed by atoms with Gasteiger partial charge in [-0.05, 0) is 24.6 Å². The third-order valence-electron chi connectivity index (χ3n) is 2.33. The zero-order valence-electron chi connectivity index (χ0n) is 10.5. The van der Waals surface area contributed by atoms with E-state index in [1.165, 1.54) is 12.1 Å². The summed E-state index contributed by atoms with van der Waals surface area (Å²) < 4.78 is 12.9. The third-order valence-corrected chi connectivity index (χ3v) is 3.15. The van der Waals surface area contributed by atoms with Gasteiger partial charge in [0.1, 0.15) is 18.3 Å². The van der Waals surface area contributed by atoms with Crippen molar-refractivity contribution in [1.82, 2.24) is 4.98 Å². The number of hydrogen-bond donors (Lipinski definition) is 1. The number of rotatable bonds is 5. The van der Waals surface area contributed by atoms with Crippen LogP contribution in [0, 0.1) is 12.7 Å². The first-order valence-electron chi connectivity index (χ1n) is 5.73. The molecule has 6 heteroatoms. The second-order valence-electron chi connectivity index (χ2n) is 4.02. The monoisotopic (exact) mass is 279 g/mol. The molecule has 0 bridgehead atoms. The van der Waals surface area contributed by atoms with Gasteiger partial charge in [-0.1, -0.05) is 17.3 Å². The van der Waals surface area contributed by atoms with Gasteiger partial charge >= 0.3 is 0 Å². The molecule has 0 aliphatic rings. The van der Waals surface area contributed by atoms with Gasteiger partial charge in [-0.2, -0.15) is 0 Å². The molecule has 1 aromatic carbocycles. The second kappa shape index (κ2) is 6.29. The lowest BCUT2D eigenvalue weighted by molar-refractivity contribution is 0.129. The van der Waals surface area contributed by atoms with Crippen LogP contribution >= 0.6 is 11.3 Å². The quantitative estimate of drug-likeness (QED) is 0.520. The summed E-state index contributed by atoms with van der Waals surface area (Å²) in [5.41, 5.74) is 7.31. The molecule has 0 aliphatic carbocycles. The fraction of sp³-hybridized carbons (Fsp3) is 0.231. The molecule has 1 aromatic heterocycles. The van der Waals surface area contributed by atoms with Crippen molar-refractivity contribution in [2.75, 3.05) is 0 Å². The predicted octanol–water partition coefficient (Wildman–Crippen LogP) is 2.62. The fourth-order valence-corrected chi connectivity index (χ4v) is 2.14. The SMILES string of the molecule is Cc1nc(CC(N)=NOCc2cccc(F)c2)cs1. The summed E-state index contributed by atoms with van der Waals surface area (Å²) in [6, 6.07) is 6.17. The van der Waals surface area contributed by atoms with Crippen LogP contribution in [-0.2, 0) is 17.9 Å². The van der Waals surface area contributed by atoms with Crippen molar-refractivity contribution in [1.29, 1.82) is 0 Å². The predicted molar refractivity (Wildman–Crippen MR) is 73.4 cm³/mol.